The van der Waals surface area contributed by atoms with Gasteiger partial charge in [-0.25, -0.2) is 0 Å². The average molecular weight is 394 g/mol. The summed E-state index contributed by atoms with van der Waals surface area (Å²) in [5.74, 6) is 0. The molecule has 0 amide bonds. The van der Waals surface area contributed by atoms with E-state index in [-0.39, 0.29) is 0 Å². The van der Waals surface area contributed by atoms with E-state index in [0.29, 0.717) is 12.1 Å². The molecule has 29 heavy (non-hydrogen) atoms. The summed E-state index contributed by atoms with van der Waals surface area (Å²) >= 11 is 0. The number of fused-ring (bicyclic) bond motifs is 2. The lowest BCUT2D eigenvalue weighted by molar-refractivity contribution is 0.149. The van der Waals surface area contributed by atoms with Gasteiger partial charge in [0.1, 0.15) is 0 Å². The lowest BCUT2D eigenvalue weighted by Gasteiger charge is -2.38. The first-order chi connectivity index (χ1) is 14.2. The number of nitrogens with one attached hydrogen (secondary N) is 1. The highest BCUT2D eigenvalue weighted by Gasteiger charge is 2.29. The number of aromatic nitrogens is 2. The van der Waals surface area contributed by atoms with Crippen LogP contribution in [0.1, 0.15) is 54.2 Å². The fourth-order valence-corrected chi connectivity index (χ4v) is 4.85. The molecule has 2 aromatic heterocycles. The van der Waals surface area contributed by atoms with E-state index >= 15 is 0 Å². The summed E-state index contributed by atoms with van der Waals surface area (Å²) in [5.41, 5.74) is 5.39. The SMILES string of the molecule is CN(C)CCCCN(C[C@H]1Cc2ncccc2CN1)[C@H]1CCCc2cccnc21. The van der Waals surface area contributed by atoms with Crippen molar-refractivity contribution in [3.05, 3.63) is 59.2 Å². The summed E-state index contributed by atoms with van der Waals surface area (Å²) in [6.45, 7) is 4.30. The fourth-order valence-electron chi connectivity index (χ4n) is 4.85. The number of hydrogen-bond acceptors (Lipinski definition) is 5. The number of unbranched alkanes of at least 4 members (excludes halogenated alkanes) is 1. The lowest BCUT2D eigenvalue weighted by Crippen LogP contribution is -2.47. The highest BCUT2D eigenvalue weighted by molar-refractivity contribution is 5.26. The number of rotatable bonds is 8. The van der Waals surface area contributed by atoms with Gasteiger partial charge < -0.3 is 10.2 Å². The average Bonchev–Trinajstić information content (AvgIpc) is 2.75. The Morgan fingerprint density at radius 1 is 1.03 bits per heavy atom. The Bertz CT molecular complexity index is 790. The van der Waals surface area contributed by atoms with Crippen LogP contribution in [0.15, 0.2) is 36.7 Å². The van der Waals surface area contributed by atoms with Crippen molar-refractivity contribution in [2.75, 3.05) is 33.7 Å². The van der Waals surface area contributed by atoms with Gasteiger partial charge in [-0.1, -0.05) is 12.1 Å². The molecule has 0 unspecified atom stereocenters. The standard InChI is InChI=1S/C24H35N5/c1-28(2)14-3-4-15-29(23-11-5-8-19-9-6-13-26-24(19)23)18-21-16-22-20(17-27-21)10-7-12-25-22/h6-7,9-10,12-13,21,23,27H,3-5,8,11,14-18H2,1-2H3/t21-,23+/m1/s1. The molecular formula is C24H35N5. The Labute approximate surface area is 175 Å². The second-order valence-corrected chi connectivity index (χ2v) is 8.85. The molecule has 1 N–H and O–H groups in total. The minimum Gasteiger partial charge on any atom is -0.309 e. The van der Waals surface area contributed by atoms with Gasteiger partial charge in [-0.3, -0.25) is 14.9 Å². The van der Waals surface area contributed by atoms with Crippen molar-refractivity contribution in [3.63, 3.8) is 0 Å². The number of pyridine rings is 2. The van der Waals surface area contributed by atoms with Crippen molar-refractivity contribution >= 4 is 0 Å². The number of nitrogens with zero attached hydrogens (tertiary/aromatic N) is 4. The topological polar surface area (TPSA) is 44.3 Å². The van der Waals surface area contributed by atoms with Crippen LogP contribution < -0.4 is 5.32 Å². The van der Waals surface area contributed by atoms with Crippen LogP contribution >= 0.6 is 0 Å². The zero-order chi connectivity index (χ0) is 20.1. The van der Waals surface area contributed by atoms with Crippen LogP contribution in [0.4, 0.5) is 0 Å². The first-order valence-electron chi connectivity index (χ1n) is 11.2. The second kappa shape index (κ2) is 9.79. The molecule has 0 saturated heterocycles. The van der Waals surface area contributed by atoms with Crippen molar-refractivity contribution in [2.45, 2.75) is 57.2 Å². The maximum Gasteiger partial charge on any atom is 0.0607 e. The smallest absolute Gasteiger partial charge is 0.0607 e. The number of aryl methyl sites for hydroxylation is 1. The van der Waals surface area contributed by atoms with E-state index in [9.17, 15) is 0 Å². The van der Waals surface area contributed by atoms with Gasteiger partial charge in [0.15, 0.2) is 0 Å². The Morgan fingerprint density at radius 3 is 2.69 bits per heavy atom. The van der Waals surface area contributed by atoms with Gasteiger partial charge in [0.25, 0.3) is 0 Å². The molecule has 4 rings (SSSR count). The van der Waals surface area contributed by atoms with E-state index in [1.165, 1.54) is 54.6 Å². The quantitative estimate of drug-likeness (QED) is 0.698. The third-order valence-electron chi connectivity index (χ3n) is 6.37. The lowest BCUT2D eigenvalue weighted by atomic mass is 9.90. The summed E-state index contributed by atoms with van der Waals surface area (Å²) in [5, 5.41) is 3.77. The molecule has 2 aliphatic rings. The molecule has 0 spiro atoms. The summed E-state index contributed by atoms with van der Waals surface area (Å²) in [6, 6.07) is 9.52. The predicted molar refractivity (Wildman–Crippen MR) is 118 cm³/mol. The summed E-state index contributed by atoms with van der Waals surface area (Å²) < 4.78 is 0. The van der Waals surface area contributed by atoms with E-state index in [1.54, 1.807) is 0 Å². The van der Waals surface area contributed by atoms with Crippen molar-refractivity contribution in [1.82, 2.24) is 25.1 Å². The fraction of sp³-hybridized carbons (Fsp3) is 0.583. The summed E-state index contributed by atoms with van der Waals surface area (Å²) in [4.78, 5) is 14.5. The van der Waals surface area contributed by atoms with Crippen LogP contribution in [0.25, 0.3) is 0 Å². The molecule has 3 heterocycles. The molecule has 5 nitrogen and oxygen atoms in total. The largest absolute Gasteiger partial charge is 0.309 e. The molecule has 5 heteroatoms. The van der Waals surface area contributed by atoms with Gasteiger partial charge >= 0.3 is 0 Å². The third-order valence-corrected chi connectivity index (χ3v) is 6.37. The van der Waals surface area contributed by atoms with Crippen LogP contribution in [-0.4, -0.2) is 59.5 Å². The Kier molecular flexibility index (Phi) is 6.90. The van der Waals surface area contributed by atoms with Crippen LogP contribution in [0.3, 0.4) is 0 Å². The molecular weight excluding hydrogens is 358 g/mol. The highest BCUT2D eigenvalue weighted by atomic mass is 15.2. The van der Waals surface area contributed by atoms with Gasteiger partial charge in [-0.15, -0.1) is 0 Å². The minimum atomic E-state index is 0.450. The first-order valence-corrected chi connectivity index (χ1v) is 11.2. The van der Waals surface area contributed by atoms with Gasteiger partial charge in [-0.05, 0) is 82.5 Å². The minimum absolute atomic E-state index is 0.450. The van der Waals surface area contributed by atoms with E-state index in [4.69, 9.17) is 4.98 Å². The summed E-state index contributed by atoms with van der Waals surface area (Å²) in [7, 11) is 4.32. The van der Waals surface area contributed by atoms with Gasteiger partial charge in [0, 0.05) is 43.6 Å². The highest BCUT2D eigenvalue weighted by Crippen LogP contribution is 2.33. The Morgan fingerprint density at radius 2 is 1.83 bits per heavy atom. The molecule has 2 aromatic rings. The third kappa shape index (κ3) is 5.21. The zero-order valence-corrected chi connectivity index (χ0v) is 18.0. The Hall–Kier alpha value is -1.82. The van der Waals surface area contributed by atoms with Crippen LogP contribution in [-0.2, 0) is 19.4 Å². The number of hydrogen-bond donors (Lipinski definition) is 1. The Balaban J connectivity index is 1.47. The maximum absolute atomic E-state index is 4.82. The predicted octanol–water partition coefficient (Wildman–Crippen LogP) is 3.21. The van der Waals surface area contributed by atoms with Crippen LogP contribution in [0, 0.1) is 0 Å². The molecule has 0 fully saturated rings. The molecule has 0 radical (unpaired) electrons. The van der Waals surface area contributed by atoms with E-state index in [2.05, 4.69) is 52.4 Å². The van der Waals surface area contributed by atoms with Gasteiger partial charge in [0.2, 0.25) is 0 Å². The van der Waals surface area contributed by atoms with Crippen molar-refractivity contribution in [1.29, 1.82) is 0 Å². The molecule has 0 aromatic carbocycles. The van der Waals surface area contributed by atoms with Crippen molar-refractivity contribution in [2.24, 2.45) is 0 Å². The molecule has 156 valence electrons. The molecule has 1 aliphatic heterocycles. The van der Waals surface area contributed by atoms with E-state index in [0.717, 1.165) is 32.6 Å². The normalized spacial score (nSPS) is 21.2. The zero-order valence-electron chi connectivity index (χ0n) is 18.0. The van der Waals surface area contributed by atoms with Crippen molar-refractivity contribution in [3.8, 4) is 0 Å². The monoisotopic (exact) mass is 393 g/mol. The van der Waals surface area contributed by atoms with Gasteiger partial charge in [-0.2, -0.15) is 0 Å². The van der Waals surface area contributed by atoms with E-state index < -0.39 is 0 Å². The van der Waals surface area contributed by atoms with Crippen LogP contribution in [0.2, 0.25) is 0 Å². The van der Waals surface area contributed by atoms with Gasteiger partial charge in [0.05, 0.1) is 11.7 Å². The molecule has 0 bridgehead atoms. The molecule has 1 aliphatic carbocycles. The molecule has 2 atom stereocenters. The second-order valence-electron chi connectivity index (χ2n) is 8.85. The first kappa shape index (κ1) is 20.5. The van der Waals surface area contributed by atoms with Crippen LogP contribution in [0.5, 0.6) is 0 Å². The van der Waals surface area contributed by atoms with Crippen molar-refractivity contribution < 1.29 is 0 Å². The summed E-state index contributed by atoms with van der Waals surface area (Å²) in [6.07, 6.45) is 11.1. The maximum atomic E-state index is 4.82. The van der Waals surface area contributed by atoms with E-state index in [1.807, 2.05) is 18.5 Å². The molecule has 0 saturated carbocycles.